The minimum absolute atomic E-state index is 0.0781. The summed E-state index contributed by atoms with van der Waals surface area (Å²) in [7, 11) is 0. The maximum Gasteiger partial charge on any atom is 0.200 e. The fourth-order valence-electron chi connectivity index (χ4n) is 2.16. The molecular weight excluding hydrogens is 276 g/mol. The molecule has 0 aliphatic heterocycles. The lowest BCUT2D eigenvalue weighted by molar-refractivity contribution is 0.0913. The Morgan fingerprint density at radius 3 is 2.23 bits per heavy atom. The van der Waals surface area contributed by atoms with E-state index in [0.29, 0.717) is 22.8 Å². The molecule has 2 rings (SSSR count). The third kappa shape index (κ3) is 3.82. The molecule has 3 nitrogen and oxygen atoms in total. The monoisotopic (exact) mass is 296 g/mol. The van der Waals surface area contributed by atoms with Gasteiger partial charge in [-0.3, -0.25) is 9.59 Å². The molecule has 0 heterocycles. The normalized spacial score (nSPS) is 10.5. The van der Waals surface area contributed by atoms with Crippen molar-refractivity contribution in [2.45, 2.75) is 26.7 Å². The summed E-state index contributed by atoms with van der Waals surface area (Å²) in [5.74, 6) is 0.697. The summed E-state index contributed by atoms with van der Waals surface area (Å²) in [5.41, 5.74) is 2.30. The molecule has 0 aliphatic carbocycles. The van der Waals surface area contributed by atoms with Crippen LogP contribution in [0, 0.1) is 0 Å². The first-order chi connectivity index (χ1) is 10.5. The van der Waals surface area contributed by atoms with Gasteiger partial charge in [-0.25, -0.2) is 0 Å². The molecule has 0 spiro atoms. The SMILES string of the molecule is CC(=O)c1ccccc1OCC(=O)c1ccc(C(C)C)cc1. The number of rotatable bonds is 6. The van der Waals surface area contributed by atoms with Crippen molar-refractivity contribution in [2.24, 2.45) is 0 Å². The highest BCUT2D eigenvalue weighted by atomic mass is 16.5. The van der Waals surface area contributed by atoms with E-state index in [2.05, 4.69) is 13.8 Å². The van der Waals surface area contributed by atoms with Crippen LogP contribution >= 0.6 is 0 Å². The van der Waals surface area contributed by atoms with E-state index in [-0.39, 0.29) is 18.2 Å². The number of ketones is 2. The van der Waals surface area contributed by atoms with Crippen LogP contribution in [0.3, 0.4) is 0 Å². The molecule has 2 aromatic rings. The second kappa shape index (κ2) is 7.03. The van der Waals surface area contributed by atoms with Crippen molar-refractivity contribution in [3.63, 3.8) is 0 Å². The molecule has 0 N–H and O–H groups in total. The third-order valence-corrected chi connectivity index (χ3v) is 3.52. The maximum atomic E-state index is 12.2. The van der Waals surface area contributed by atoms with Gasteiger partial charge in [-0.1, -0.05) is 50.2 Å². The van der Waals surface area contributed by atoms with E-state index in [1.165, 1.54) is 12.5 Å². The number of benzene rings is 2. The Morgan fingerprint density at radius 2 is 1.64 bits per heavy atom. The van der Waals surface area contributed by atoms with Crippen LogP contribution in [-0.4, -0.2) is 18.2 Å². The largest absolute Gasteiger partial charge is 0.485 e. The summed E-state index contributed by atoms with van der Waals surface area (Å²) >= 11 is 0. The highest BCUT2D eigenvalue weighted by Crippen LogP contribution is 2.19. The van der Waals surface area contributed by atoms with Crippen LogP contribution in [0.5, 0.6) is 5.75 Å². The number of Topliss-reactive ketones (excluding diaryl/α,β-unsaturated/α-hetero) is 2. The van der Waals surface area contributed by atoms with Gasteiger partial charge >= 0.3 is 0 Å². The zero-order chi connectivity index (χ0) is 16.1. The summed E-state index contributed by atoms with van der Waals surface area (Å²) in [4.78, 5) is 23.7. The van der Waals surface area contributed by atoms with E-state index in [0.717, 1.165) is 0 Å². The molecule has 0 aliphatic rings. The minimum Gasteiger partial charge on any atom is -0.485 e. The fraction of sp³-hybridized carbons (Fsp3) is 0.263. The lowest BCUT2D eigenvalue weighted by atomic mass is 10.0. The van der Waals surface area contributed by atoms with E-state index in [4.69, 9.17) is 4.74 Å². The Bertz CT molecular complexity index is 669. The Hall–Kier alpha value is -2.42. The van der Waals surface area contributed by atoms with Gasteiger partial charge in [0.15, 0.2) is 18.2 Å². The summed E-state index contributed by atoms with van der Waals surface area (Å²) in [6.07, 6.45) is 0. The first-order valence-electron chi connectivity index (χ1n) is 7.35. The predicted molar refractivity (Wildman–Crippen MR) is 86.8 cm³/mol. The van der Waals surface area contributed by atoms with Crippen LogP contribution in [0.15, 0.2) is 48.5 Å². The van der Waals surface area contributed by atoms with Crippen molar-refractivity contribution in [3.05, 3.63) is 65.2 Å². The molecule has 0 atom stereocenters. The molecule has 2 aromatic carbocycles. The van der Waals surface area contributed by atoms with Gasteiger partial charge in [0, 0.05) is 5.56 Å². The topological polar surface area (TPSA) is 43.4 Å². The van der Waals surface area contributed by atoms with Crippen molar-refractivity contribution < 1.29 is 14.3 Å². The average Bonchev–Trinajstić information content (AvgIpc) is 2.52. The number of hydrogen-bond donors (Lipinski definition) is 0. The van der Waals surface area contributed by atoms with Crippen LogP contribution < -0.4 is 4.74 Å². The molecule has 0 amide bonds. The van der Waals surface area contributed by atoms with Gasteiger partial charge in [-0.05, 0) is 30.5 Å². The highest BCUT2D eigenvalue weighted by Gasteiger charge is 2.11. The van der Waals surface area contributed by atoms with E-state index in [9.17, 15) is 9.59 Å². The lowest BCUT2D eigenvalue weighted by Gasteiger charge is -2.10. The van der Waals surface area contributed by atoms with E-state index in [1.54, 1.807) is 24.3 Å². The van der Waals surface area contributed by atoms with E-state index in [1.807, 2.05) is 24.3 Å². The zero-order valence-electron chi connectivity index (χ0n) is 13.1. The minimum atomic E-state index is -0.103. The Labute approximate surface area is 130 Å². The van der Waals surface area contributed by atoms with Crippen LogP contribution in [0.2, 0.25) is 0 Å². The quantitative estimate of drug-likeness (QED) is 0.747. The molecule has 0 saturated heterocycles. The molecule has 0 unspecified atom stereocenters. The number of hydrogen-bond acceptors (Lipinski definition) is 3. The molecule has 3 heteroatoms. The third-order valence-electron chi connectivity index (χ3n) is 3.52. The zero-order valence-corrected chi connectivity index (χ0v) is 13.1. The first-order valence-corrected chi connectivity index (χ1v) is 7.35. The first kappa shape index (κ1) is 16.0. The van der Waals surface area contributed by atoms with Crippen LogP contribution in [0.25, 0.3) is 0 Å². The van der Waals surface area contributed by atoms with Crippen LogP contribution in [0.1, 0.15) is 53.0 Å². The standard InChI is InChI=1S/C19H20O3/c1-13(2)15-8-10-16(11-9-15)18(21)12-22-19-7-5-4-6-17(19)14(3)20/h4-11,13H,12H2,1-3H3. The van der Waals surface area contributed by atoms with Crippen molar-refractivity contribution in [1.82, 2.24) is 0 Å². The Kier molecular flexibility index (Phi) is 5.10. The Balaban J connectivity index is 2.05. The second-order valence-electron chi connectivity index (χ2n) is 5.54. The summed E-state index contributed by atoms with van der Waals surface area (Å²) in [6.45, 7) is 5.62. The molecule has 0 aromatic heterocycles. The molecule has 22 heavy (non-hydrogen) atoms. The van der Waals surface area contributed by atoms with Gasteiger partial charge in [0.25, 0.3) is 0 Å². The van der Waals surface area contributed by atoms with Crippen LogP contribution in [0.4, 0.5) is 0 Å². The van der Waals surface area contributed by atoms with E-state index < -0.39 is 0 Å². The molecule has 0 bridgehead atoms. The highest BCUT2D eigenvalue weighted by molar-refractivity contribution is 5.98. The summed E-state index contributed by atoms with van der Waals surface area (Å²) in [6, 6.07) is 14.5. The summed E-state index contributed by atoms with van der Waals surface area (Å²) < 4.78 is 5.52. The number of para-hydroxylation sites is 1. The molecule has 0 saturated carbocycles. The van der Waals surface area contributed by atoms with Crippen molar-refractivity contribution in [3.8, 4) is 5.75 Å². The molecule has 0 radical (unpaired) electrons. The smallest absolute Gasteiger partial charge is 0.200 e. The van der Waals surface area contributed by atoms with Crippen molar-refractivity contribution in [2.75, 3.05) is 6.61 Å². The van der Waals surface area contributed by atoms with E-state index >= 15 is 0 Å². The van der Waals surface area contributed by atoms with Gasteiger partial charge in [0.2, 0.25) is 0 Å². The van der Waals surface area contributed by atoms with Gasteiger partial charge in [0.05, 0.1) is 5.56 Å². The van der Waals surface area contributed by atoms with Gasteiger partial charge < -0.3 is 4.74 Å². The summed E-state index contributed by atoms with van der Waals surface area (Å²) in [5, 5.41) is 0. The van der Waals surface area contributed by atoms with Gasteiger partial charge in [0.1, 0.15) is 5.75 Å². The lowest BCUT2D eigenvalue weighted by Crippen LogP contribution is -2.13. The number of carbonyl (C=O) groups excluding carboxylic acids is 2. The predicted octanol–water partition coefficient (Wildman–Crippen LogP) is 4.27. The Morgan fingerprint density at radius 1 is 1.00 bits per heavy atom. The van der Waals surface area contributed by atoms with Crippen molar-refractivity contribution in [1.29, 1.82) is 0 Å². The van der Waals surface area contributed by atoms with Crippen molar-refractivity contribution >= 4 is 11.6 Å². The molecule has 0 fully saturated rings. The fourth-order valence-corrected chi connectivity index (χ4v) is 2.16. The molecular formula is C19H20O3. The number of carbonyl (C=O) groups is 2. The number of ether oxygens (including phenoxy) is 1. The second-order valence-corrected chi connectivity index (χ2v) is 5.54. The average molecular weight is 296 g/mol. The maximum absolute atomic E-state index is 12.2. The molecule has 114 valence electrons. The van der Waals surface area contributed by atoms with Crippen LogP contribution in [-0.2, 0) is 0 Å². The van der Waals surface area contributed by atoms with Gasteiger partial charge in [-0.15, -0.1) is 0 Å². The van der Waals surface area contributed by atoms with Gasteiger partial charge in [-0.2, -0.15) is 0 Å².